The molecule has 28 heavy (non-hydrogen) atoms. The van der Waals surface area contributed by atoms with Gasteiger partial charge in [-0.15, -0.1) is 0 Å². The lowest BCUT2D eigenvalue weighted by molar-refractivity contribution is -0.123. The van der Waals surface area contributed by atoms with Gasteiger partial charge in [-0.3, -0.25) is 14.6 Å². The van der Waals surface area contributed by atoms with Crippen molar-refractivity contribution < 1.29 is 14.3 Å². The van der Waals surface area contributed by atoms with E-state index >= 15 is 0 Å². The maximum Gasteiger partial charge on any atom is 0.274 e. The Hall–Kier alpha value is -3.74. The first kappa shape index (κ1) is 17.7. The zero-order chi connectivity index (χ0) is 19.3. The van der Waals surface area contributed by atoms with E-state index in [9.17, 15) is 9.59 Å². The highest BCUT2D eigenvalue weighted by atomic mass is 16.5. The van der Waals surface area contributed by atoms with Gasteiger partial charge in [0.25, 0.3) is 5.91 Å². The number of likely N-dealkylation sites (tertiary alicyclic amines) is 1. The average Bonchev–Trinajstić information content (AvgIpc) is 2.70. The van der Waals surface area contributed by atoms with E-state index in [-0.39, 0.29) is 23.4 Å². The van der Waals surface area contributed by atoms with Gasteiger partial charge >= 0.3 is 0 Å². The smallest absolute Gasteiger partial charge is 0.274 e. The molecule has 2 amide bonds. The first-order valence-corrected chi connectivity index (χ1v) is 8.89. The summed E-state index contributed by atoms with van der Waals surface area (Å²) in [6.07, 6.45) is 4.41. The van der Waals surface area contributed by atoms with E-state index in [1.165, 1.54) is 18.6 Å². The second kappa shape index (κ2) is 7.87. The lowest BCUT2D eigenvalue weighted by atomic mass is 9.98. The number of carbonyl (C=O) groups excluding carboxylic acids is 2. The van der Waals surface area contributed by atoms with E-state index in [0.717, 1.165) is 0 Å². The maximum absolute atomic E-state index is 12.6. The number of amides is 2. The number of ether oxygens (including phenoxy) is 1. The number of nitrogens with zero attached hydrogens (tertiary/aromatic N) is 3. The lowest BCUT2D eigenvalue weighted by Crippen LogP contribution is -2.54. The molecule has 0 aliphatic carbocycles. The zero-order valence-corrected chi connectivity index (χ0v) is 15.0. The van der Waals surface area contributed by atoms with Crippen molar-refractivity contribution in [3.05, 3.63) is 78.9 Å². The average molecular weight is 374 g/mol. The molecule has 0 saturated carbocycles. The molecule has 4 rings (SSSR count). The summed E-state index contributed by atoms with van der Waals surface area (Å²) < 4.78 is 5.86. The highest BCUT2D eigenvalue weighted by molar-refractivity contribution is 5.98. The van der Waals surface area contributed by atoms with Gasteiger partial charge < -0.3 is 15.0 Å². The highest BCUT2D eigenvalue weighted by Gasteiger charge is 2.36. The molecule has 7 nitrogen and oxygen atoms in total. The lowest BCUT2D eigenvalue weighted by Gasteiger charge is -2.37. The predicted molar refractivity (Wildman–Crippen MR) is 103 cm³/mol. The van der Waals surface area contributed by atoms with Crippen molar-refractivity contribution >= 4 is 17.5 Å². The Morgan fingerprint density at radius 1 is 1.00 bits per heavy atom. The van der Waals surface area contributed by atoms with Gasteiger partial charge in [-0.2, -0.15) is 0 Å². The summed E-state index contributed by atoms with van der Waals surface area (Å²) in [5.74, 6) is 0.616. The van der Waals surface area contributed by atoms with E-state index in [2.05, 4.69) is 15.3 Å². The second-order valence-electron chi connectivity index (χ2n) is 6.40. The van der Waals surface area contributed by atoms with Gasteiger partial charge in [0.1, 0.15) is 11.4 Å². The van der Waals surface area contributed by atoms with Crippen LogP contribution < -0.4 is 10.1 Å². The van der Waals surface area contributed by atoms with Crippen molar-refractivity contribution in [3.8, 4) is 11.5 Å². The largest absolute Gasteiger partial charge is 0.455 e. The van der Waals surface area contributed by atoms with Crippen LogP contribution in [0.2, 0.25) is 0 Å². The normalized spacial score (nSPS) is 13.5. The third-order valence-corrected chi connectivity index (χ3v) is 4.44. The first-order valence-electron chi connectivity index (χ1n) is 8.89. The fraction of sp³-hybridized carbons (Fsp3) is 0.143. The van der Waals surface area contributed by atoms with Crippen LogP contribution in [0.15, 0.2) is 73.2 Å². The van der Waals surface area contributed by atoms with Gasteiger partial charge in [-0.25, -0.2) is 4.98 Å². The minimum atomic E-state index is -0.273. The summed E-state index contributed by atoms with van der Waals surface area (Å²) in [7, 11) is 0. The van der Waals surface area contributed by atoms with Crippen molar-refractivity contribution in [2.24, 2.45) is 5.92 Å². The first-order chi connectivity index (χ1) is 13.7. The van der Waals surface area contributed by atoms with Crippen LogP contribution in [0.1, 0.15) is 10.5 Å². The number of benzene rings is 2. The fourth-order valence-electron chi connectivity index (χ4n) is 2.89. The van der Waals surface area contributed by atoms with E-state index in [4.69, 9.17) is 4.74 Å². The molecule has 1 aliphatic heterocycles. The van der Waals surface area contributed by atoms with Crippen molar-refractivity contribution in [2.45, 2.75) is 0 Å². The predicted octanol–water partition coefficient (Wildman–Crippen LogP) is 2.98. The highest BCUT2D eigenvalue weighted by Crippen LogP contribution is 2.30. The quantitative estimate of drug-likeness (QED) is 0.742. The van der Waals surface area contributed by atoms with Gasteiger partial charge in [-0.1, -0.05) is 30.3 Å². The van der Waals surface area contributed by atoms with Crippen LogP contribution in [0, 0.1) is 5.92 Å². The number of para-hydroxylation sites is 3. The molecule has 7 heteroatoms. The molecule has 0 unspecified atom stereocenters. The van der Waals surface area contributed by atoms with E-state index in [1.54, 1.807) is 17.0 Å². The Labute approximate surface area is 162 Å². The summed E-state index contributed by atoms with van der Waals surface area (Å²) in [5, 5.41) is 2.90. The molecule has 3 aromatic rings. The van der Waals surface area contributed by atoms with Crippen LogP contribution in [0.4, 0.5) is 5.69 Å². The maximum atomic E-state index is 12.6. The second-order valence-corrected chi connectivity index (χ2v) is 6.40. The number of carbonyl (C=O) groups is 2. The summed E-state index contributed by atoms with van der Waals surface area (Å²) in [6.45, 7) is 0.700. The molecule has 140 valence electrons. The molecule has 0 bridgehead atoms. The van der Waals surface area contributed by atoms with Gasteiger partial charge in [0.05, 0.1) is 17.8 Å². The Kier molecular flexibility index (Phi) is 4.97. The summed E-state index contributed by atoms with van der Waals surface area (Å²) >= 11 is 0. The number of aromatic nitrogens is 2. The SMILES string of the molecule is O=C(Nc1ccccc1Oc1ccccc1)C1CN(C(=O)c2cnccn2)C1. The summed E-state index contributed by atoms with van der Waals surface area (Å²) in [5.41, 5.74) is 0.873. The number of rotatable bonds is 5. The molecule has 1 saturated heterocycles. The Bertz CT molecular complexity index is 973. The Morgan fingerprint density at radius 2 is 1.75 bits per heavy atom. The van der Waals surface area contributed by atoms with Crippen molar-refractivity contribution in [3.63, 3.8) is 0 Å². The molecule has 1 N–H and O–H groups in total. The molecule has 0 radical (unpaired) electrons. The third-order valence-electron chi connectivity index (χ3n) is 4.44. The molecule has 1 aromatic heterocycles. The van der Waals surface area contributed by atoms with E-state index < -0.39 is 0 Å². The number of anilines is 1. The molecule has 2 aromatic carbocycles. The summed E-state index contributed by atoms with van der Waals surface area (Å²) in [6, 6.07) is 16.6. The third kappa shape index (κ3) is 3.83. The van der Waals surface area contributed by atoms with Crippen molar-refractivity contribution in [1.82, 2.24) is 14.9 Å². The van der Waals surface area contributed by atoms with Gasteiger partial charge in [0.15, 0.2) is 5.75 Å². The van der Waals surface area contributed by atoms with Crippen LogP contribution in [0.5, 0.6) is 11.5 Å². The van der Waals surface area contributed by atoms with Crippen LogP contribution in [-0.4, -0.2) is 39.8 Å². The number of nitrogens with one attached hydrogen (secondary N) is 1. The van der Waals surface area contributed by atoms with E-state index in [1.807, 2.05) is 42.5 Å². The number of hydrogen-bond acceptors (Lipinski definition) is 5. The molecule has 1 aliphatic rings. The number of hydrogen-bond donors (Lipinski definition) is 1. The minimum Gasteiger partial charge on any atom is -0.455 e. The Balaban J connectivity index is 1.37. The minimum absolute atomic E-state index is 0.146. The van der Waals surface area contributed by atoms with Crippen molar-refractivity contribution in [2.75, 3.05) is 18.4 Å². The molecule has 2 heterocycles. The van der Waals surface area contributed by atoms with Gasteiger partial charge in [0.2, 0.25) is 5.91 Å². The van der Waals surface area contributed by atoms with E-state index in [0.29, 0.717) is 30.3 Å². The standard InChI is InChI=1S/C21H18N4O3/c26-20(15-13-25(14-15)21(27)18-12-22-10-11-23-18)24-17-8-4-5-9-19(17)28-16-6-2-1-3-7-16/h1-12,15H,13-14H2,(H,24,26). The van der Waals surface area contributed by atoms with Gasteiger partial charge in [0, 0.05) is 25.5 Å². The van der Waals surface area contributed by atoms with Crippen molar-refractivity contribution in [1.29, 1.82) is 0 Å². The molecular formula is C21H18N4O3. The molecule has 1 fully saturated rings. The fourth-order valence-corrected chi connectivity index (χ4v) is 2.89. The summed E-state index contributed by atoms with van der Waals surface area (Å²) in [4.78, 5) is 34.3. The van der Waals surface area contributed by atoms with Crippen LogP contribution >= 0.6 is 0 Å². The molecular weight excluding hydrogens is 356 g/mol. The van der Waals surface area contributed by atoms with Crippen LogP contribution in [0.25, 0.3) is 0 Å². The Morgan fingerprint density at radius 3 is 2.50 bits per heavy atom. The monoisotopic (exact) mass is 374 g/mol. The van der Waals surface area contributed by atoms with Crippen LogP contribution in [0.3, 0.4) is 0 Å². The molecule has 0 spiro atoms. The van der Waals surface area contributed by atoms with Crippen LogP contribution in [-0.2, 0) is 4.79 Å². The topological polar surface area (TPSA) is 84.4 Å². The molecule has 0 atom stereocenters. The zero-order valence-electron chi connectivity index (χ0n) is 15.0. The van der Waals surface area contributed by atoms with Gasteiger partial charge in [-0.05, 0) is 24.3 Å².